The number of rotatable bonds is 2. The van der Waals surface area contributed by atoms with Gasteiger partial charge in [-0.15, -0.1) is 0 Å². The molecule has 0 spiro atoms. The SMILES string of the molecule is O=C(C=C1c2ccccc2-c2ccccc21)NNC(=O)NC1CCCCC1. The molecule has 0 bridgehead atoms. The summed E-state index contributed by atoms with van der Waals surface area (Å²) in [6.07, 6.45) is 7.06. The van der Waals surface area contributed by atoms with Gasteiger partial charge in [0.05, 0.1) is 0 Å². The van der Waals surface area contributed by atoms with E-state index in [4.69, 9.17) is 0 Å². The number of fused-ring (bicyclic) bond motifs is 3. The fraction of sp³-hybridized carbons (Fsp3) is 0.273. The predicted octanol–water partition coefficient (Wildman–Crippen LogP) is 3.76. The van der Waals surface area contributed by atoms with Gasteiger partial charge >= 0.3 is 6.03 Å². The molecule has 0 aliphatic heterocycles. The summed E-state index contributed by atoms with van der Waals surface area (Å²) in [6.45, 7) is 0. The van der Waals surface area contributed by atoms with Crippen LogP contribution in [0, 0.1) is 0 Å². The number of carbonyl (C=O) groups excluding carboxylic acids is 2. The van der Waals surface area contributed by atoms with E-state index in [0.29, 0.717) is 0 Å². The van der Waals surface area contributed by atoms with Crippen LogP contribution in [0.1, 0.15) is 43.2 Å². The van der Waals surface area contributed by atoms with Crippen LogP contribution >= 0.6 is 0 Å². The molecule has 0 saturated heterocycles. The molecule has 0 unspecified atom stereocenters. The number of hydrogen-bond acceptors (Lipinski definition) is 2. The van der Waals surface area contributed by atoms with Crippen LogP contribution in [0.25, 0.3) is 16.7 Å². The van der Waals surface area contributed by atoms with Crippen LogP contribution in [0.2, 0.25) is 0 Å². The maximum atomic E-state index is 12.4. The largest absolute Gasteiger partial charge is 0.334 e. The Labute approximate surface area is 158 Å². The summed E-state index contributed by atoms with van der Waals surface area (Å²) >= 11 is 0. The number of hydrogen-bond donors (Lipinski definition) is 3. The average Bonchev–Trinajstić information content (AvgIpc) is 3.01. The van der Waals surface area contributed by atoms with Gasteiger partial charge in [0, 0.05) is 12.1 Å². The first-order valence-corrected chi connectivity index (χ1v) is 9.50. The Morgan fingerprint density at radius 2 is 1.33 bits per heavy atom. The van der Waals surface area contributed by atoms with Gasteiger partial charge in [-0.25, -0.2) is 10.2 Å². The van der Waals surface area contributed by atoms with Crippen molar-refractivity contribution in [3.8, 4) is 11.1 Å². The molecule has 27 heavy (non-hydrogen) atoms. The summed E-state index contributed by atoms with van der Waals surface area (Å²) in [5.74, 6) is -0.352. The molecular formula is C22H23N3O2. The molecule has 5 heteroatoms. The first-order valence-electron chi connectivity index (χ1n) is 9.50. The van der Waals surface area contributed by atoms with E-state index < -0.39 is 0 Å². The highest BCUT2D eigenvalue weighted by Crippen LogP contribution is 2.43. The molecule has 0 radical (unpaired) electrons. The Hall–Kier alpha value is -3.08. The van der Waals surface area contributed by atoms with Crippen LogP contribution in [-0.4, -0.2) is 18.0 Å². The second-order valence-corrected chi connectivity index (χ2v) is 7.07. The third kappa shape index (κ3) is 3.72. The maximum absolute atomic E-state index is 12.4. The van der Waals surface area contributed by atoms with E-state index in [2.05, 4.69) is 28.3 Å². The van der Waals surface area contributed by atoms with Crippen molar-refractivity contribution in [2.75, 3.05) is 0 Å². The molecule has 2 aromatic carbocycles. The first-order chi connectivity index (χ1) is 13.2. The lowest BCUT2D eigenvalue weighted by molar-refractivity contribution is -0.117. The van der Waals surface area contributed by atoms with Gasteiger partial charge in [-0.1, -0.05) is 67.8 Å². The van der Waals surface area contributed by atoms with E-state index in [0.717, 1.165) is 53.5 Å². The number of hydrazine groups is 1. The minimum atomic E-state index is -0.360. The smallest absolute Gasteiger partial charge is 0.333 e. The Bertz CT molecular complexity index is 850. The van der Waals surface area contributed by atoms with Crippen molar-refractivity contribution in [2.45, 2.75) is 38.1 Å². The summed E-state index contributed by atoms with van der Waals surface area (Å²) in [5.41, 5.74) is 10.1. The van der Waals surface area contributed by atoms with Crippen LogP contribution in [0.5, 0.6) is 0 Å². The standard InChI is InChI=1S/C22H23N3O2/c26-21(24-25-22(27)23-15-8-2-1-3-9-15)14-20-18-12-6-4-10-16(18)17-11-5-7-13-19(17)20/h4-7,10-15H,1-3,8-9H2,(H,24,26)(H2,23,25,27). The number of carbonyl (C=O) groups is 2. The summed E-state index contributed by atoms with van der Waals surface area (Å²) in [6, 6.07) is 15.9. The highest BCUT2D eigenvalue weighted by atomic mass is 16.2. The molecule has 2 aliphatic rings. The van der Waals surface area contributed by atoms with Gasteiger partial charge in [-0.3, -0.25) is 10.2 Å². The van der Waals surface area contributed by atoms with Crippen LogP contribution in [0.15, 0.2) is 54.6 Å². The summed E-state index contributed by atoms with van der Waals surface area (Å²) < 4.78 is 0. The Kier molecular flexibility index (Phi) is 4.92. The van der Waals surface area contributed by atoms with Crippen molar-refractivity contribution in [3.63, 3.8) is 0 Å². The van der Waals surface area contributed by atoms with E-state index in [1.165, 1.54) is 6.42 Å². The van der Waals surface area contributed by atoms with E-state index in [9.17, 15) is 9.59 Å². The molecule has 1 fully saturated rings. The Balaban J connectivity index is 1.44. The highest BCUT2D eigenvalue weighted by molar-refractivity contribution is 6.08. The average molecular weight is 361 g/mol. The van der Waals surface area contributed by atoms with Gasteiger partial charge in [-0.2, -0.15) is 0 Å². The molecular weight excluding hydrogens is 338 g/mol. The van der Waals surface area contributed by atoms with Gasteiger partial charge in [0.25, 0.3) is 5.91 Å². The van der Waals surface area contributed by atoms with Crippen molar-refractivity contribution in [1.29, 1.82) is 0 Å². The highest BCUT2D eigenvalue weighted by Gasteiger charge is 2.23. The number of urea groups is 1. The fourth-order valence-corrected chi connectivity index (χ4v) is 3.96. The second kappa shape index (κ2) is 7.66. The van der Waals surface area contributed by atoms with Gasteiger partial charge in [0.2, 0.25) is 0 Å². The van der Waals surface area contributed by atoms with Gasteiger partial charge in [0.15, 0.2) is 0 Å². The van der Waals surface area contributed by atoms with Crippen molar-refractivity contribution >= 4 is 17.5 Å². The van der Waals surface area contributed by atoms with Crippen LogP contribution in [0.4, 0.5) is 4.79 Å². The lowest BCUT2D eigenvalue weighted by Gasteiger charge is -2.22. The minimum absolute atomic E-state index is 0.197. The van der Waals surface area contributed by atoms with Crippen molar-refractivity contribution in [1.82, 2.24) is 16.2 Å². The zero-order valence-corrected chi connectivity index (χ0v) is 15.1. The first kappa shape index (κ1) is 17.3. The number of amides is 3. The quantitative estimate of drug-likeness (QED) is 0.480. The van der Waals surface area contributed by atoms with Crippen LogP contribution in [-0.2, 0) is 4.79 Å². The summed E-state index contributed by atoms with van der Waals surface area (Å²) in [7, 11) is 0. The molecule has 2 aliphatic carbocycles. The normalized spacial score (nSPS) is 15.5. The molecule has 138 valence electrons. The van der Waals surface area contributed by atoms with Crippen LogP contribution < -0.4 is 16.2 Å². The van der Waals surface area contributed by atoms with Gasteiger partial charge in [-0.05, 0) is 40.7 Å². The molecule has 2 aromatic rings. The van der Waals surface area contributed by atoms with E-state index in [1.807, 2.05) is 36.4 Å². The molecule has 4 rings (SSSR count). The van der Waals surface area contributed by atoms with E-state index in [1.54, 1.807) is 6.08 Å². The monoisotopic (exact) mass is 361 g/mol. The molecule has 3 N–H and O–H groups in total. The van der Waals surface area contributed by atoms with Crippen molar-refractivity contribution in [2.24, 2.45) is 0 Å². The Morgan fingerprint density at radius 1 is 0.778 bits per heavy atom. The molecule has 1 saturated carbocycles. The molecule has 0 atom stereocenters. The molecule has 0 heterocycles. The molecule has 0 aromatic heterocycles. The number of nitrogens with one attached hydrogen (secondary N) is 3. The topological polar surface area (TPSA) is 70.2 Å². The van der Waals surface area contributed by atoms with Gasteiger partial charge in [0.1, 0.15) is 0 Å². The third-order valence-corrected chi connectivity index (χ3v) is 5.24. The molecule has 5 nitrogen and oxygen atoms in total. The summed E-state index contributed by atoms with van der Waals surface area (Å²) in [4.78, 5) is 24.4. The van der Waals surface area contributed by atoms with Crippen LogP contribution in [0.3, 0.4) is 0 Å². The van der Waals surface area contributed by atoms with E-state index >= 15 is 0 Å². The molecule has 3 amide bonds. The van der Waals surface area contributed by atoms with Crippen molar-refractivity contribution in [3.05, 3.63) is 65.7 Å². The summed E-state index contributed by atoms with van der Waals surface area (Å²) in [5, 5.41) is 2.91. The second-order valence-electron chi connectivity index (χ2n) is 7.07. The fourth-order valence-electron chi connectivity index (χ4n) is 3.96. The lowest BCUT2D eigenvalue weighted by atomic mass is 9.96. The lowest BCUT2D eigenvalue weighted by Crippen LogP contribution is -2.49. The minimum Gasteiger partial charge on any atom is -0.334 e. The Morgan fingerprint density at radius 3 is 1.93 bits per heavy atom. The maximum Gasteiger partial charge on any atom is 0.333 e. The van der Waals surface area contributed by atoms with E-state index in [-0.39, 0.29) is 18.0 Å². The zero-order chi connectivity index (χ0) is 18.6. The third-order valence-electron chi connectivity index (χ3n) is 5.24. The van der Waals surface area contributed by atoms with Gasteiger partial charge < -0.3 is 5.32 Å². The number of benzene rings is 2. The zero-order valence-electron chi connectivity index (χ0n) is 15.1. The predicted molar refractivity (Wildman–Crippen MR) is 106 cm³/mol. The van der Waals surface area contributed by atoms with Crippen molar-refractivity contribution < 1.29 is 9.59 Å².